The monoisotopic (exact) mass is 1080 g/mol. The van der Waals surface area contributed by atoms with E-state index in [1.54, 1.807) is 0 Å². The lowest BCUT2D eigenvalue weighted by Crippen LogP contribution is -2.74. The lowest BCUT2D eigenvalue weighted by Gasteiger charge is -2.42. The molecule has 44 heteroatoms. The van der Waals surface area contributed by atoms with Gasteiger partial charge in [-0.1, -0.05) is 0 Å². The van der Waals surface area contributed by atoms with E-state index in [1.807, 2.05) is 0 Å². The topological polar surface area (TPSA) is 149 Å². The quantitative estimate of drug-likeness (QED) is 0.0939. The predicted octanol–water partition coefficient (Wildman–Crippen LogP) is 9.04. The number of halogens is 34. The zero-order valence-electron chi connectivity index (χ0n) is 27.4. The third kappa shape index (κ3) is 9.50. The molecule has 0 fully saturated rings. The van der Waals surface area contributed by atoms with Crippen LogP contribution in [0, 0.1) is 0 Å². The molecule has 0 heterocycles. The standard InChI is InChI=1S/2C8HF17O3S.C3H8O2/c2*9-1(10,3(13,14)5(17,18)7(21,22)23)2(11,12)4(15,16)6(19,20)8(24,25)29(26,27)28;1-3(5)2-4/h2*(H,26,27,28);3-5H,2H2,1H3. The number of rotatable bonds is 15. The van der Waals surface area contributed by atoms with Gasteiger partial charge in [0.05, 0.1) is 12.7 Å². The lowest BCUT2D eigenvalue weighted by molar-refractivity contribution is -0.458. The highest BCUT2D eigenvalue weighted by Crippen LogP contribution is 2.66. The van der Waals surface area contributed by atoms with E-state index in [9.17, 15) is 166 Å². The largest absolute Gasteiger partial charge is 0.460 e. The lowest BCUT2D eigenvalue weighted by atomic mass is 9.91. The molecule has 0 aromatic heterocycles. The maximum atomic E-state index is 13.0. The van der Waals surface area contributed by atoms with Crippen molar-refractivity contribution in [2.45, 2.75) is 107 Å². The van der Waals surface area contributed by atoms with Crippen LogP contribution in [0.4, 0.5) is 149 Å². The van der Waals surface area contributed by atoms with Crippen molar-refractivity contribution in [3.63, 3.8) is 0 Å². The molecule has 0 aliphatic heterocycles. The van der Waals surface area contributed by atoms with Gasteiger partial charge in [-0.2, -0.15) is 166 Å². The summed E-state index contributed by atoms with van der Waals surface area (Å²) in [6.07, 6.45) is -16.3. The molecule has 0 saturated carbocycles. The molecular formula is C19H10F34O8S2. The van der Waals surface area contributed by atoms with E-state index in [2.05, 4.69) is 0 Å². The van der Waals surface area contributed by atoms with E-state index >= 15 is 0 Å². The van der Waals surface area contributed by atoms with Gasteiger partial charge in [0, 0.05) is 0 Å². The van der Waals surface area contributed by atoms with Crippen molar-refractivity contribution >= 4 is 20.2 Å². The Hall–Kier alpha value is -2.64. The van der Waals surface area contributed by atoms with Crippen LogP contribution < -0.4 is 0 Å². The highest BCUT2D eigenvalue weighted by Gasteiger charge is 2.98. The second-order valence-electron chi connectivity index (χ2n) is 10.9. The van der Waals surface area contributed by atoms with Crippen LogP contribution in [0.25, 0.3) is 0 Å². The Bertz CT molecular complexity index is 1670. The second-order valence-corrected chi connectivity index (χ2v) is 13.8. The number of aliphatic hydroxyl groups is 2. The van der Waals surface area contributed by atoms with Crippen LogP contribution in [0.2, 0.25) is 0 Å². The molecule has 0 bridgehead atoms. The van der Waals surface area contributed by atoms with Crippen molar-refractivity contribution in [2.24, 2.45) is 0 Å². The normalized spacial score (nSPS) is 16.7. The molecule has 1 atom stereocenters. The summed E-state index contributed by atoms with van der Waals surface area (Å²) in [5.74, 6) is -104. The zero-order valence-corrected chi connectivity index (χ0v) is 29.0. The Labute approximate surface area is 320 Å². The Balaban J connectivity index is -0.00000103. The summed E-state index contributed by atoms with van der Waals surface area (Å²) in [5, 5.41) is 0.320. The Morgan fingerprint density at radius 1 is 0.317 bits per heavy atom. The van der Waals surface area contributed by atoms with Gasteiger partial charge >= 0.3 is 114 Å². The number of hydrogen-bond acceptors (Lipinski definition) is 6. The van der Waals surface area contributed by atoms with Crippen LogP contribution in [-0.4, -0.2) is 143 Å². The van der Waals surface area contributed by atoms with E-state index in [-0.39, 0.29) is 6.61 Å². The molecule has 0 rings (SSSR count). The smallest absolute Gasteiger partial charge is 0.394 e. The number of hydrogen-bond donors (Lipinski definition) is 4. The van der Waals surface area contributed by atoms with Crippen molar-refractivity contribution < 1.29 is 185 Å². The summed E-state index contributed by atoms with van der Waals surface area (Å²) in [4.78, 5) is 0. The van der Waals surface area contributed by atoms with E-state index in [0.717, 1.165) is 0 Å². The molecule has 0 aromatic carbocycles. The molecule has 1 unspecified atom stereocenters. The minimum Gasteiger partial charge on any atom is -0.394 e. The first-order chi connectivity index (χ1) is 26.3. The van der Waals surface area contributed by atoms with Crippen LogP contribution >= 0.6 is 0 Å². The van der Waals surface area contributed by atoms with Gasteiger partial charge in [-0.25, -0.2) is 0 Å². The van der Waals surface area contributed by atoms with Crippen LogP contribution in [0.1, 0.15) is 6.92 Å². The van der Waals surface area contributed by atoms with E-state index in [1.165, 1.54) is 6.92 Å². The molecule has 0 saturated heterocycles. The van der Waals surface area contributed by atoms with Crippen molar-refractivity contribution in [1.82, 2.24) is 0 Å². The first-order valence-electron chi connectivity index (χ1n) is 12.9. The first kappa shape index (κ1) is 64.6. The van der Waals surface area contributed by atoms with Gasteiger partial charge in [-0.05, 0) is 6.92 Å². The SMILES string of the molecule is CC(O)CO.O=S(=O)(O)C(F)(F)C(F)(F)C(F)(F)C(F)(F)C(F)(F)C(F)(F)C(F)(F)C(F)(F)F.O=S(=O)(O)C(F)(F)C(F)(F)C(F)(F)C(F)(F)C(F)(F)C(F)(F)C(F)(F)C(F)(F)F. The molecule has 8 nitrogen and oxygen atoms in total. The molecule has 0 radical (unpaired) electrons. The van der Waals surface area contributed by atoms with Gasteiger partial charge in [-0.3, -0.25) is 9.11 Å². The third-order valence-corrected chi connectivity index (χ3v) is 8.11. The minimum absolute atomic E-state index is 0.139. The van der Waals surface area contributed by atoms with E-state index < -0.39 is 120 Å². The maximum absolute atomic E-state index is 13.0. The third-order valence-electron chi connectivity index (χ3n) is 6.30. The van der Waals surface area contributed by atoms with Crippen LogP contribution in [0.3, 0.4) is 0 Å². The second kappa shape index (κ2) is 16.9. The molecule has 384 valence electrons. The number of aliphatic hydroxyl groups excluding tert-OH is 2. The summed E-state index contributed by atoms with van der Waals surface area (Å²) in [7, 11) is -15.8. The van der Waals surface area contributed by atoms with Gasteiger partial charge in [0.2, 0.25) is 0 Å². The molecule has 0 spiro atoms. The van der Waals surface area contributed by atoms with Crippen molar-refractivity contribution in [1.29, 1.82) is 0 Å². The Morgan fingerprint density at radius 2 is 0.429 bits per heavy atom. The average Bonchev–Trinajstić information content (AvgIpc) is 3.01. The number of alkyl halides is 34. The summed E-state index contributed by atoms with van der Waals surface area (Å²) >= 11 is 0. The maximum Gasteiger partial charge on any atom is 0.460 e. The van der Waals surface area contributed by atoms with Gasteiger partial charge in [0.15, 0.2) is 0 Å². The molecule has 63 heavy (non-hydrogen) atoms. The van der Waals surface area contributed by atoms with Crippen molar-refractivity contribution in [3.8, 4) is 0 Å². The Morgan fingerprint density at radius 3 is 0.524 bits per heavy atom. The van der Waals surface area contributed by atoms with Gasteiger partial charge in [-0.15, -0.1) is 0 Å². The fourth-order valence-electron chi connectivity index (χ4n) is 2.62. The molecule has 0 amide bonds. The van der Waals surface area contributed by atoms with Gasteiger partial charge < -0.3 is 10.2 Å². The van der Waals surface area contributed by atoms with E-state index in [4.69, 9.17) is 19.3 Å². The predicted molar refractivity (Wildman–Crippen MR) is 123 cm³/mol. The fourth-order valence-corrected chi connectivity index (χ4v) is 3.53. The van der Waals surface area contributed by atoms with E-state index in [0.29, 0.717) is 0 Å². The van der Waals surface area contributed by atoms with Gasteiger partial charge in [0.25, 0.3) is 0 Å². The fraction of sp³-hybridized carbons (Fsp3) is 1.00. The summed E-state index contributed by atoms with van der Waals surface area (Å²) < 4.78 is 485. The molecule has 0 aliphatic carbocycles. The highest BCUT2D eigenvalue weighted by atomic mass is 32.2. The Kier molecular flexibility index (Phi) is 17.3. The van der Waals surface area contributed by atoms with Crippen molar-refractivity contribution in [2.75, 3.05) is 6.61 Å². The summed E-state index contributed by atoms with van der Waals surface area (Å²) in [6.45, 7) is 1.39. The van der Waals surface area contributed by atoms with Crippen molar-refractivity contribution in [3.05, 3.63) is 0 Å². The van der Waals surface area contributed by atoms with Crippen LogP contribution in [-0.2, 0) is 20.2 Å². The molecular weight excluding hydrogens is 1070 g/mol. The molecule has 0 aromatic rings. The van der Waals surface area contributed by atoms with Crippen LogP contribution in [0.15, 0.2) is 0 Å². The molecule has 0 aliphatic rings. The van der Waals surface area contributed by atoms with Crippen LogP contribution in [0.5, 0.6) is 0 Å². The zero-order chi connectivity index (χ0) is 53.3. The minimum atomic E-state index is -8.89. The van der Waals surface area contributed by atoms with Gasteiger partial charge in [0.1, 0.15) is 0 Å². The summed E-state index contributed by atoms with van der Waals surface area (Å²) in [6, 6.07) is 0. The average molecular weight is 1080 g/mol. The summed E-state index contributed by atoms with van der Waals surface area (Å²) in [5.41, 5.74) is 0. The highest BCUT2D eigenvalue weighted by molar-refractivity contribution is 7.87. The molecule has 4 N–H and O–H groups in total. The first-order valence-corrected chi connectivity index (χ1v) is 15.8.